The van der Waals surface area contributed by atoms with E-state index in [2.05, 4.69) is 0 Å². The Bertz CT molecular complexity index is 371. The molecule has 0 radical (unpaired) electrons. The highest BCUT2D eigenvalue weighted by Crippen LogP contribution is 2.19. The van der Waals surface area contributed by atoms with Gasteiger partial charge in [0, 0.05) is 17.7 Å². The Balaban J connectivity index is 3.38. The molecule has 1 aromatic rings. The molecule has 0 saturated carbocycles. The normalized spacial score (nSPS) is 9.69. The summed E-state index contributed by atoms with van der Waals surface area (Å²) in [5.74, 6) is 0. The molecule has 4 heteroatoms. The van der Waals surface area contributed by atoms with Gasteiger partial charge in [0.25, 0.3) is 5.69 Å². The van der Waals surface area contributed by atoms with Crippen LogP contribution in [0.25, 0.3) is 0 Å². The van der Waals surface area contributed by atoms with Crippen LogP contribution >= 0.6 is 0 Å². The van der Waals surface area contributed by atoms with Crippen LogP contribution in [0.15, 0.2) is 12.1 Å². The smallest absolute Gasteiger partial charge is 0.270 e. The van der Waals surface area contributed by atoms with Crippen LogP contribution in [-0.2, 0) is 0 Å². The van der Waals surface area contributed by atoms with Crippen LogP contribution < -0.4 is 0 Å². The zero-order valence-electron chi connectivity index (χ0n) is 7.40. The summed E-state index contributed by atoms with van der Waals surface area (Å²) < 4.78 is 0. The van der Waals surface area contributed by atoms with Crippen LogP contribution in [0.2, 0.25) is 0 Å². The van der Waals surface area contributed by atoms with Crippen molar-refractivity contribution in [3.8, 4) is 0 Å². The van der Waals surface area contributed by atoms with Gasteiger partial charge in [-0.25, -0.2) is 0 Å². The van der Waals surface area contributed by atoms with Crippen molar-refractivity contribution >= 4 is 12.0 Å². The van der Waals surface area contributed by atoms with Crippen LogP contribution in [0.3, 0.4) is 0 Å². The highest BCUT2D eigenvalue weighted by Gasteiger charge is 2.10. The summed E-state index contributed by atoms with van der Waals surface area (Å²) in [5, 5.41) is 10.4. The maximum absolute atomic E-state index is 10.5. The maximum atomic E-state index is 10.5. The van der Waals surface area contributed by atoms with Gasteiger partial charge in [-0.05, 0) is 25.0 Å². The predicted octanol–water partition coefficient (Wildman–Crippen LogP) is 2.02. The van der Waals surface area contributed by atoms with Crippen LogP contribution in [0, 0.1) is 24.0 Å². The fourth-order valence-corrected chi connectivity index (χ4v) is 1.09. The molecule has 0 aliphatic rings. The Kier molecular flexibility index (Phi) is 2.41. The third kappa shape index (κ3) is 1.72. The van der Waals surface area contributed by atoms with Gasteiger partial charge in [-0.1, -0.05) is 0 Å². The molecule has 0 saturated heterocycles. The molecule has 0 atom stereocenters. The molecular weight excluding hydrogens is 170 g/mol. The first kappa shape index (κ1) is 9.38. The third-order valence-electron chi connectivity index (χ3n) is 2.03. The molecule has 68 valence electrons. The molecule has 0 aromatic heterocycles. The number of aryl methyl sites for hydroxylation is 1. The molecule has 0 spiro atoms. The van der Waals surface area contributed by atoms with Gasteiger partial charge in [0.2, 0.25) is 0 Å². The minimum atomic E-state index is -0.501. The molecule has 1 aromatic carbocycles. The lowest BCUT2D eigenvalue weighted by atomic mass is 10.0. The largest absolute Gasteiger partial charge is 0.298 e. The van der Waals surface area contributed by atoms with Gasteiger partial charge in [0.1, 0.15) is 0 Å². The van der Waals surface area contributed by atoms with E-state index in [-0.39, 0.29) is 5.69 Å². The Hall–Kier alpha value is -1.71. The molecular formula is C9H9NO3. The first-order chi connectivity index (χ1) is 6.06. The van der Waals surface area contributed by atoms with Gasteiger partial charge < -0.3 is 0 Å². The first-order valence-electron chi connectivity index (χ1n) is 3.77. The number of carbonyl (C=O) groups is 1. The SMILES string of the molecule is Cc1cc([N+](=O)[O-])cc(C=O)c1C. The lowest BCUT2D eigenvalue weighted by Crippen LogP contribution is -1.95. The number of nitro groups is 1. The molecule has 0 unspecified atom stereocenters. The minimum Gasteiger partial charge on any atom is -0.298 e. The number of nitrogens with zero attached hydrogens (tertiary/aromatic N) is 1. The number of rotatable bonds is 2. The molecule has 4 nitrogen and oxygen atoms in total. The van der Waals surface area contributed by atoms with Gasteiger partial charge >= 0.3 is 0 Å². The van der Waals surface area contributed by atoms with E-state index in [1.54, 1.807) is 13.8 Å². The van der Waals surface area contributed by atoms with Gasteiger partial charge in [-0.2, -0.15) is 0 Å². The topological polar surface area (TPSA) is 60.2 Å². The molecule has 13 heavy (non-hydrogen) atoms. The highest BCUT2D eigenvalue weighted by molar-refractivity contribution is 5.79. The average Bonchev–Trinajstić information content (AvgIpc) is 2.09. The zero-order valence-corrected chi connectivity index (χ0v) is 7.40. The summed E-state index contributed by atoms with van der Waals surface area (Å²) in [6, 6.07) is 2.75. The van der Waals surface area contributed by atoms with E-state index >= 15 is 0 Å². The third-order valence-corrected chi connectivity index (χ3v) is 2.03. The second-order valence-corrected chi connectivity index (χ2v) is 2.85. The molecule has 0 fully saturated rings. The van der Waals surface area contributed by atoms with Crippen molar-refractivity contribution in [2.75, 3.05) is 0 Å². The van der Waals surface area contributed by atoms with Crippen molar-refractivity contribution < 1.29 is 9.72 Å². The second kappa shape index (κ2) is 3.35. The predicted molar refractivity (Wildman–Crippen MR) is 48.0 cm³/mol. The minimum absolute atomic E-state index is 0.0369. The molecule has 0 aliphatic heterocycles. The lowest BCUT2D eigenvalue weighted by Gasteiger charge is -2.02. The lowest BCUT2D eigenvalue weighted by molar-refractivity contribution is -0.384. The average molecular weight is 179 g/mol. The van der Waals surface area contributed by atoms with E-state index in [1.165, 1.54) is 12.1 Å². The van der Waals surface area contributed by atoms with Gasteiger partial charge in [-0.3, -0.25) is 14.9 Å². The first-order valence-corrected chi connectivity index (χ1v) is 3.77. The monoisotopic (exact) mass is 179 g/mol. The number of carbonyl (C=O) groups excluding carboxylic acids is 1. The number of benzene rings is 1. The van der Waals surface area contributed by atoms with E-state index < -0.39 is 4.92 Å². The summed E-state index contributed by atoms with van der Waals surface area (Å²) in [7, 11) is 0. The maximum Gasteiger partial charge on any atom is 0.270 e. The Morgan fingerprint density at radius 3 is 2.46 bits per heavy atom. The fourth-order valence-electron chi connectivity index (χ4n) is 1.09. The second-order valence-electron chi connectivity index (χ2n) is 2.85. The number of aldehydes is 1. The van der Waals surface area contributed by atoms with Crippen LogP contribution in [0.5, 0.6) is 0 Å². The summed E-state index contributed by atoms with van der Waals surface area (Å²) >= 11 is 0. The van der Waals surface area contributed by atoms with Crippen molar-refractivity contribution in [1.29, 1.82) is 0 Å². The summed E-state index contributed by atoms with van der Waals surface area (Å²) in [6.07, 6.45) is 0.634. The van der Waals surface area contributed by atoms with E-state index in [9.17, 15) is 14.9 Å². The van der Waals surface area contributed by atoms with Gasteiger partial charge in [0.15, 0.2) is 6.29 Å². The number of nitro benzene ring substituents is 1. The van der Waals surface area contributed by atoms with Crippen molar-refractivity contribution in [2.45, 2.75) is 13.8 Å². The van der Waals surface area contributed by atoms with E-state index in [0.29, 0.717) is 11.8 Å². The summed E-state index contributed by atoms with van der Waals surface area (Å²) in [5.41, 5.74) is 1.90. The molecule has 0 N–H and O–H groups in total. The van der Waals surface area contributed by atoms with E-state index in [1.807, 2.05) is 0 Å². The molecule has 0 heterocycles. The van der Waals surface area contributed by atoms with Crippen molar-refractivity contribution in [3.63, 3.8) is 0 Å². The van der Waals surface area contributed by atoms with Crippen LogP contribution in [0.4, 0.5) is 5.69 Å². The highest BCUT2D eigenvalue weighted by atomic mass is 16.6. The van der Waals surface area contributed by atoms with Crippen molar-refractivity contribution in [2.24, 2.45) is 0 Å². The van der Waals surface area contributed by atoms with Crippen molar-refractivity contribution in [3.05, 3.63) is 38.9 Å². The fraction of sp³-hybridized carbons (Fsp3) is 0.222. The number of hydrogen-bond donors (Lipinski definition) is 0. The van der Waals surface area contributed by atoms with Crippen molar-refractivity contribution in [1.82, 2.24) is 0 Å². The standard InChI is InChI=1S/C9H9NO3/c1-6-3-9(10(12)13)4-8(5-11)7(6)2/h3-5H,1-2H3. The molecule has 1 rings (SSSR count). The summed E-state index contributed by atoms with van der Waals surface area (Å²) in [6.45, 7) is 3.51. The molecule has 0 amide bonds. The Morgan fingerprint density at radius 1 is 1.38 bits per heavy atom. The number of hydrogen-bond acceptors (Lipinski definition) is 3. The quantitative estimate of drug-likeness (QED) is 0.396. The van der Waals surface area contributed by atoms with E-state index in [0.717, 1.165) is 11.1 Å². The Labute approximate surface area is 75.3 Å². The van der Waals surface area contributed by atoms with E-state index in [4.69, 9.17) is 0 Å². The van der Waals surface area contributed by atoms with Gasteiger partial charge in [-0.15, -0.1) is 0 Å². The zero-order chi connectivity index (χ0) is 10.0. The van der Waals surface area contributed by atoms with Crippen LogP contribution in [-0.4, -0.2) is 11.2 Å². The number of non-ortho nitro benzene ring substituents is 1. The van der Waals surface area contributed by atoms with Gasteiger partial charge in [0.05, 0.1) is 4.92 Å². The Morgan fingerprint density at radius 2 is 2.00 bits per heavy atom. The molecule has 0 bridgehead atoms. The van der Waals surface area contributed by atoms with Crippen LogP contribution in [0.1, 0.15) is 21.5 Å². The molecule has 0 aliphatic carbocycles. The summed E-state index contributed by atoms with van der Waals surface area (Å²) in [4.78, 5) is 20.5.